The van der Waals surface area contributed by atoms with E-state index in [0.717, 1.165) is 22.0 Å². The van der Waals surface area contributed by atoms with E-state index in [1.54, 1.807) is 4.90 Å². The highest BCUT2D eigenvalue weighted by molar-refractivity contribution is 6.05. The molecule has 0 aliphatic carbocycles. The zero-order valence-corrected chi connectivity index (χ0v) is 14.0. The number of aromatic nitrogens is 1. The fourth-order valence-corrected chi connectivity index (χ4v) is 2.89. The Morgan fingerprint density at radius 3 is 2.62 bits per heavy atom. The van der Waals surface area contributed by atoms with Crippen molar-refractivity contribution in [2.75, 3.05) is 13.1 Å². The van der Waals surface area contributed by atoms with Gasteiger partial charge >= 0.3 is 0 Å². The summed E-state index contributed by atoms with van der Waals surface area (Å²) in [6.07, 6.45) is 1.14. The summed E-state index contributed by atoms with van der Waals surface area (Å²) in [6.45, 7) is 4.75. The van der Waals surface area contributed by atoms with Crippen molar-refractivity contribution in [3.8, 4) is 0 Å². The summed E-state index contributed by atoms with van der Waals surface area (Å²) in [5.41, 5.74) is 3.44. The molecule has 4 heteroatoms. The number of hydrogen-bond donors (Lipinski definition) is 2. The van der Waals surface area contributed by atoms with Crippen LogP contribution in [0, 0.1) is 6.92 Å². The number of aliphatic hydroxyl groups excluding tert-OH is 1. The van der Waals surface area contributed by atoms with E-state index < -0.39 is 6.10 Å². The maximum atomic E-state index is 12.9. The van der Waals surface area contributed by atoms with Crippen LogP contribution in [0.4, 0.5) is 0 Å². The van der Waals surface area contributed by atoms with E-state index >= 15 is 0 Å². The minimum absolute atomic E-state index is 0.0725. The van der Waals surface area contributed by atoms with Crippen LogP contribution in [0.2, 0.25) is 0 Å². The Labute approximate surface area is 141 Å². The normalized spacial score (nSPS) is 12.3. The number of likely N-dealkylation sites (N-methyl/N-ethyl adjacent to an activating group) is 1. The predicted octanol–water partition coefficient (Wildman–Crippen LogP) is 3.67. The van der Waals surface area contributed by atoms with Crippen molar-refractivity contribution in [3.05, 3.63) is 71.4 Å². The molecule has 1 heterocycles. The number of aryl methyl sites for hydroxylation is 1. The molecular formula is C20H22N2O2. The largest absolute Gasteiger partial charge is 0.387 e. The zero-order valence-electron chi connectivity index (χ0n) is 14.0. The van der Waals surface area contributed by atoms with Crippen LogP contribution in [0.5, 0.6) is 0 Å². The standard InChI is InChI=1S/C20H22N2O2/c1-3-22(13-18(23)15-9-7-14(2)8-10-15)20(24)17-6-4-5-16-11-12-21-19(16)17/h4-12,18,21,23H,3,13H2,1-2H3. The number of fused-ring (bicyclic) bond motifs is 1. The Hall–Kier alpha value is -2.59. The summed E-state index contributed by atoms with van der Waals surface area (Å²) >= 11 is 0. The third kappa shape index (κ3) is 3.19. The number of aliphatic hydroxyl groups is 1. The third-order valence-corrected chi connectivity index (χ3v) is 4.34. The molecule has 3 aromatic rings. The van der Waals surface area contributed by atoms with Gasteiger partial charge in [-0.15, -0.1) is 0 Å². The van der Waals surface area contributed by atoms with Crippen molar-refractivity contribution in [1.29, 1.82) is 0 Å². The molecule has 0 spiro atoms. The summed E-state index contributed by atoms with van der Waals surface area (Å²) in [5.74, 6) is -0.0725. The molecule has 0 saturated carbocycles. The molecule has 3 rings (SSSR count). The van der Waals surface area contributed by atoms with Crippen molar-refractivity contribution >= 4 is 16.8 Å². The number of hydrogen-bond acceptors (Lipinski definition) is 2. The van der Waals surface area contributed by atoms with E-state index in [9.17, 15) is 9.90 Å². The lowest BCUT2D eigenvalue weighted by molar-refractivity contribution is 0.0636. The van der Waals surface area contributed by atoms with Crippen LogP contribution in [-0.2, 0) is 0 Å². The Balaban J connectivity index is 1.81. The number of H-pyrrole nitrogens is 1. The number of amides is 1. The van der Waals surface area contributed by atoms with Crippen LogP contribution in [0.1, 0.15) is 34.5 Å². The number of para-hydroxylation sites is 1. The monoisotopic (exact) mass is 322 g/mol. The van der Waals surface area contributed by atoms with E-state index in [1.165, 1.54) is 0 Å². The van der Waals surface area contributed by atoms with Crippen LogP contribution in [0.15, 0.2) is 54.7 Å². The van der Waals surface area contributed by atoms with Gasteiger partial charge in [0.15, 0.2) is 0 Å². The Kier molecular flexibility index (Phi) is 4.67. The highest BCUT2D eigenvalue weighted by Crippen LogP contribution is 2.21. The smallest absolute Gasteiger partial charge is 0.256 e. The molecule has 24 heavy (non-hydrogen) atoms. The number of rotatable bonds is 5. The molecule has 1 atom stereocenters. The van der Waals surface area contributed by atoms with Crippen LogP contribution in [0.25, 0.3) is 10.9 Å². The first-order valence-corrected chi connectivity index (χ1v) is 8.20. The summed E-state index contributed by atoms with van der Waals surface area (Å²) < 4.78 is 0. The van der Waals surface area contributed by atoms with Crippen molar-refractivity contribution in [2.45, 2.75) is 20.0 Å². The number of carbonyl (C=O) groups is 1. The van der Waals surface area contributed by atoms with Gasteiger partial charge in [-0.3, -0.25) is 4.79 Å². The molecule has 0 saturated heterocycles. The van der Waals surface area contributed by atoms with Gasteiger partial charge in [0.25, 0.3) is 5.91 Å². The lowest BCUT2D eigenvalue weighted by Gasteiger charge is -2.24. The molecule has 0 fully saturated rings. The van der Waals surface area contributed by atoms with Crippen LogP contribution >= 0.6 is 0 Å². The summed E-state index contributed by atoms with van der Waals surface area (Å²) in [7, 11) is 0. The molecule has 0 aliphatic rings. The predicted molar refractivity (Wildman–Crippen MR) is 96.0 cm³/mol. The average molecular weight is 322 g/mol. The first-order valence-electron chi connectivity index (χ1n) is 8.20. The van der Waals surface area contributed by atoms with Crippen molar-refractivity contribution < 1.29 is 9.90 Å². The van der Waals surface area contributed by atoms with E-state index in [-0.39, 0.29) is 12.5 Å². The van der Waals surface area contributed by atoms with Crippen LogP contribution in [0.3, 0.4) is 0 Å². The van der Waals surface area contributed by atoms with E-state index in [1.807, 2.05) is 68.6 Å². The first-order chi connectivity index (χ1) is 11.6. The summed E-state index contributed by atoms with van der Waals surface area (Å²) in [6, 6.07) is 15.4. The Morgan fingerprint density at radius 2 is 1.92 bits per heavy atom. The quantitative estimate of drug-likeness (QED) is 0.753. The van der Waals surface area contributed by atoms with Gasteiger partial charge in [0.05, 0.1) is 23.7 Å². The van der Waals surface area contributed by atoms with Crippen molar-refractivity contribution in [2.24, 2.45) is 0 Å². The second-order valence-corrected chi connectivity index (χ2v) is 6.02. The van der Waals surface area contributed by atoms with E-state index in [0.29, 0.717) is 12.1 Å². The molecule has 124 valence electrons. The second-order valence-electron chi connectivity index (χ2n) is 6.02. The fraction of sp³-hybridized carbons (Fsp3) is 0.250. The van der Waals surface area contributed by atoms with Gasteiger partial charge in [0, 0.05) is 18.1 Å². The highest BCUT2D eigenvalue weighted by atomic mass is 16.3. The topological polar surface area (TPSA) is 56.3 Å². The van der Waals surface area contributed by atoms with E-state index in [2.05, 4.69) is 4.98 Å². The minimum Gasteiger partial charge on any atom is -0.387 e. The van der Waals surface area contributed by atoms with Gasteiger partial charge in [0.1, 0.15) is 0 Å². The maximum Gasteiger partial charge on any atom is 0.256 e. The lowest BCUT2D eigenvalue weighted by Crippen LogP contribution is -2.34. The number of nitrogens with one attached hydrogen (secondary N) is 1. The molecule has 1 amide bonds. The van der Waals surface area contributed by atoms with Gasteiger partial charge in [-0.1, -0.05) is 42.0 Å². The Morgan fingerprint density at radius 1 is 1.17 bits per heavy atom. The third-order valence-electron chi connectivity index (χ3n) is 4.34. The molecule has 1 unspecified atom stereocenters. The van der Waals surface area contributed by atoms with Gasteiger partial charge in [-0.05, 0) is 31.5 Å². The summed E-state index contributed by atoms with van der Waals surface area (Å²) in [4.78, 5) is 17.7. The number of nitrogens with zero attached hydrogens (tertiary/aromatic N) is 1. The van der Waals surface area contributed by atoms with E-state index in [4.69, 9.17) is 0 Å². The average Bonchev–Trinajstić information content (AvgIpc) is 3.08. The minimum atomic E-state index is -0.697. The van der Waals surface area contributed by atoms with Crippen molar-refractivity contribution in [3.63, 3.8) is 0 Å². The zero-order chi connectivity index (χ0) is 17.1. The van der Waals surface area contributed by atoms with Crippen LogP contribution in [-0.4, -0.2) is 34.0 Å². The molecule has 2 aromatic carbocycles. The second kappa shape index (κ2) is 6.89. The summed E-state index contributed by atoms with van der Waals surface area (Å²) in [5, 5.41) is 11.5. The van der Waals surface area contributed by atoms with Crippen molar-refractivity contribution in [1.82, 2.24) is 9.88 Å². The number of benzene rings is 2. The lowest BCUT2D eigenvalue weighted by atomic mass is 10.1. The first kappa shape index (κ1) is 16.3. The molecule has 2 N–H and O–H groups in total. The number of carbonyl (C=O) groups excluding carboxylic acids is 1. The van der Waals surface area contributed by atoms with Gasteiger partial charge < -0.3 is 15.0 Å². The number of aromatic amines is 1. The van der Waals surface area contributed by atoms with Gasteiger partial charge in [-0.25, -0.2) is 0 Å². The van der Waals surface area contributed by atoms with Gasteiger partial charge in [-0.2, -0.15) is 0 Å². The molecule has 0 aliphatic heterocycles. The Bertz CT molecular complexity index is 836. The van der Waals surface area contributed by atoms with Gasteiger partial charge in [0.2, 0.25) is 0 Å². The molecule has 0 radical (unpaired) electrons. The highest BCUT2D eigenvalue weighted by Gasteiger charge is 2.20. The molecule has 1 aromatic heterocycles. The maximum absolute atomic E-state index is 12.9. The fourth-order valence-electron chi connectivity index (χ4n) is 2.89. The molecule has 0 bridgehead atoms. The molecular weight excluding hydrogens is 300 g/mol. The SMILES string of the molecule is CCN(CC(O)c1ccc(C)cc1)C(=O)c1cccc2cc[nH]c12. The van der Waals surface area contributed by atoms with Crippen LogP contribution < -0.4 is 0 Å². The molecule has 4 nitrogen and oxygen atoms in total.